The van der Waals surface area contributed by atoms with Crippen molar-refractivity contribution in [1.29, 1.82) is 0 Å². The molecule has 0 saturated heterocycles. The number of carbonyl (C=O) groups is 1. The van der Waals surface area contributed by atoms with Crippen molar-refractivity contribution in [2.24, 2.45) is 0 Å². The van der Waals surface area contributed by atoms with Gasteiger partial charge in [-0.25, -0.2) is 9.97 Å². The predicted molar refractivity (Wildman–Crippen MR) is 107 cm³/mol. The van der Waals surface area contributed by atoms with Crippen LogP contribution in [0.2, 0.25) is 0 Å². The number of rotatable bonds is 9. The number of unbranched alkanes of at least 4 members (excludes halogenated alkanes) is 2. The first-order valence-electron chi connectivity index (χ1n) is 9.45. The van der Waals surface area contributed by atoms with E-state index in [-0.39, 0.29) is 5.91 Å². The largest absolute Gasteiger partial charge is 0.349 e. The molecule has 1 aromatic carbocycles. The van der Waals surface area contributed by atoms with E-state index in [2.05, 4.69) is 40.9 Å². The normalized spacial score (nSPS) is 10.9. The van der Waals surface area contributed by atoms with Crippen LogP contribution in [0.5, 0.6) is 0 Å². The fourth-order valence-corrected chi connectivity index (χ4v) is 3.39. The molecule has 0 fully saturated rings. The number of nitrogens with zero attached hydrogens (tertiary/aromatic N) is 4. The first kappa shape index (κ1) is 18.9. The third kappa shape index (κ3) is 5.06. The number of aromatic nitrogens is 4. The van der Waals surface area contributed by atoms with Gasteiger partial charge in [-0.3, -0.25) is 4.79 Å². The molecule has 6 nitrogen and oxygen atoms in total. The molecule has 3 rings (SSSR count). The average Bonchev–Trinajstić information content (AvgIpc) is 3.33. The Kier molecular flexibility index (Phi) is 6.41. The highest BCUT2D eigenvalue weighted by molar-refractivity contribution is 5.94. The first-order chi connectivity index (χ1) is 13.1. The van der Waals surface area contributed by atoms with E-state index in [0.717, 1.165) is 54.9 Å². The van der Waals surface area contributed by atoms with E-state index in [1.165, 1.54) is 0 Å². The second-order valence-corrected chi connectivity index (χ2v) is 6.87. The van der Waals surface area contributed by atoms with Crippen LogP contribution in [0.4, 0.5) is 5.69 Å². The van der Waals surface area contributed by atoms with E-state index < -0.39 is 0 Å². The minimum atomic E-state index is 0.0939. The Labute approximate surface area is 160 Å². The number of anilines is 1. The first-order valence-corrected chi connectivity index (χ1v) is 9.45. The maximum Gasteiger partial charge on any atom is 0.246 e. The lowest BCUT2D eigenvalue weighted by molar-refractivity contribution is -0.119. The molecule has 0 aliphatic heterocycles. The number of carbonyl (C=O) groups excluding carboxylic acids is 1. The number of aryl methyl sites for hydroxylation is 3. The molecule has 0 aliphatic rings. The van der Waals surface area contributed by atoms with Crippen LogP contribution in [-0.2, 0) is 17.8 Å². The van der Waals surface area contributed by atoms with E-state index >= 15 is 0 Å². The summed E-state index contributed by atoms with van der Waals surface area (Å²) >= 11 is 0. The molecule has 0 spiro atoms. The topological polar surface area (TPSA) is 66.8 Å². The maximum atomic E-state index is 13.0. The van der Waals surface area contributed by atoms with Crippen LogP contribution in [0.15, 0.2) is 49.3 Å². The van der Waals surface area contributed by atoms with Gasteiger partial charge < -0.3 is 14.5 Å². The fraction of sp³-hybridized carbons (Fsp3) is 0.381. The molecular weight excluding hydrogens is 338 g/mol. The Morgan fingerprint density at radius 3 is 2.63 bits per heavy atom. The molecule has 2 aromatic heterocycles. The minimum absolute atomic E-state index is 0.0939. The predicted octanol–water partition coefficient (Wildman–Crippen LogP) is 3.67. The van der Waals surface area contributed by atoms with Crippen LogP contribution >= 0.6 is 0 Å². The van der Waals surface area contributed by atoms with Crippen molar-refractivity contribution in [2.45, 2.75) is 46.1 Å². The lowest BCUT2D eigenvalue weighted by atomic mass is 10.1. The Balaban J connectivity index is 1.64. The highest BCUT2D eigenvalue weighted by Gasteiger charge is 2.19. The summed E-state index contributed by atoms with van der Waals surface area (Å²) < 4.78 is 1.82. The highest BCUT2D eigenvalue weighted by atomic mass is 16.2. The summed E-state index contributed by atoms with van der Waals surface area (Å²) in [6.07, 6.45) is 12.9. The van der Waals surface area contributed by atoms with E-state index in [1.807, 2.05) is 27.9 Å². The van der Waals surface area contributed by atoms with Crippen LogP contribution < -0.4 is 4.90 Å². The van der Waals surface area contributed by atoms with Crippen LogP contribution in [0, 0.1) is 13.8 Å². The van der Waals surface area contributed by atoms with Gasteiger partial charge in [-0.05, 0) is 37.8 Å². The second kappa shape index (κ2) is 9.16. The zero-order chi connectivity index (χ0) is 19.1. The van der Waals surface area contributed by atoms with Gasteiger partial charge >= 0.3 is 0 Å². The molecule has 0 radical (unpaired) electrons. The van der Waals surface area contributed by atoms with E-state index in [9.17, 15) is 4.79 Å². The number of benzene rings is 1. The molecule has 1 N–H and O–H groups in total. The van der Waals surface area contributed by atoms with E-state index in [4.69, 9.17) is 0 Å². The molecule has 1 amide bonds. The average molecular weight is 365 g/mol. The van der Waals surface area contributed by atoms with Crippen molar-refractivity contribution in [1.82, 2.24) is 19.5 Å². The molecule has 2 heterocycles. The summed E-state index contributed by atoms with van der Waals surface area (Å²) in [6.45, 7) is 5.16. The molecular formula is C21H27N5O. The van der Waals surface area contributed by atoms with Gasteiger partial charge in [-0.2, -0.15) is 0 Å². The van der Waals surface area contributed by atoms with Crippen LogP contribution in [0.1, 0.15) is 36.2 Å². The smallest absolute Gasteiger partial charge is 0.246 e. The fourth-order valence-electron chi connectivity index (χ4n) is 3.39. The number of nitrogens with one attached hydrogen (secondary N) is 1. The molecule has 6 heteroatoms. The minimum Gasteiger partial charge on any atom is -0.349 e. The van der Waals surface area contributed by atoms with Gasteiger partial charge in [0.25, 0.3) is 0 Å². The zero-order valence-electron chi connectivity index (χ0n) is 16.1. The van der Waals surface area contributed by atoms with Gasteiger partial charge in [0.2, 0.25) is 5.91 Å². The molecule has 3 aromatic rings. The molecule has 0 saturated carbocycles. The number of hydrogen-bond acceptors (Lipinski definition) is 3. The van der Waals surface area contributed by atoms with Gasteiger partial charge in [-0.1, -0.05) is 24.6 Å². The van der Waals surface area contributed by atoms with Crippen molar-refractivity contribution in [3.8, 4) is 0 Å². The summed E-state index contributed by atoms with van der Waals surface area (Å²) in [7, 11) is 0. The maximum absolute atomic E-state index is 13.0. The SMILES string of the molecule is Cc1cccc(C)c1N(CCCCCc1ncc[nH]1)C(=O)Cn1ccnc1. The highest BCUT2D eigenvalue weighted by Crippen LogP contribution is 2.25. The quantitative estimate of drug-likeness (QED) is 0.588. The lowest BCUT2D eigenvalue weighted by Gasteiger charge is -2.26. The van der Waals surface area contributed by atoms with Gasteiger partial charge in [0.15, 0.2) is 0 Å². The monoisotopic (exact) mass is 365 g/mol. The summed E-state index contributed by atoms with van der Waals surface area (Å²) in [5.41, 5.74) is 3.29. The zero-order valence-corrected chi connectivity index (χ0v) is 16.1. The van der Waals surface area contributed by atoms with Gasteiger partial charge in [0.05, 0.1) is 6.33 Å². The number of H-pyrrole nitrogens is 1. The van der Waals surface area contributed by atoms with Crippen molar-refractivity contribution in [3.63, 3.8) is 0 Å². The van der Waals surface area contributed by atoms with Crippen molar-refractivity contribution in [2.75, 3.05) is 11.4 Å². The summed E-state index contributed by atoms with van der Waals surface area (Å²) in [5, 5.41) is 0. The molecule has 0 aliphatic carbocycles. The van der Waals surface area contributed by atoms with Crippen LogP contribution in [0.3, 0.4) is 0 Å². The number of imidazole rings is 2. The third-order valence-electron chi connectivity index (χ3n) is 4.74. The van der Waals surface area contributed by atoms with Gasteiger partial charge in [0, 0.05) is 43.4 Å². The Morgan fingerprint density at radius 1 is 1.15 bits per heavy atom. The molecule has 0 atom stereocenters. The Hall–Kier alpha value is -2.89. The van der Waals surface area contributed by atoms with Crippen LogP contribution in [0.25, 0.3) is 0 Å². The van der Waals surface area contributed by atoms with Crippen LogP contribution in [-0.4, -0.2) is 32.0 Å². The number of para-hydroxylation sites is 1. The summed E-state index contributed by atoms with van der Waals surface area (Å²) in [4.78, 5) is 26.4. The van der Waals surface area contributed by atoms with Crippen molar-refractivity contribution in [3.05, 3.63) is 66.3 Å². The van der Waals surface area contributed by atoms with Gasteiger partial charge in [0.1, 0.15) is 12.4 Å². The van der Waals surface area contributed by atoms with E-state index in [1.54, 1.807) is 18.7 Å². The number of aromatic amines is 1. The molecule has 0 unspecified atom stereocenters. The standard InChI is InChI=1S/C21H27N5O/c1-17-7-6-8-18(2)21(17)26(20(27)15-25-14-12-22-16-25)13-5-3-4-9-19-23-10-11-24-19/h6-8,10-12,14,16H,3-5,9,13,15H2,1-2H3,(H,23,24). The van der Waals surface area contributed by atoms with Crippen molar-refractivity contribution < 1.29 is 4.79 Å². The Bertz CT molecular complexity index is 819. The van der Waals surface area contributed by atoms with E-state index in [0.29, 0.717) is 6.54 Å². The van der Waals surface area contributed by atoms with Crippen molar-refractivity contribution >= 4 is 11.6 Å². The summed E-state index contributed by atoms with van der Waals surface area (Å²) in [5.74, 6) is 1.12. The lowest BCUT2D eigenvalue weighted by Crippen LogP contribution is -2.35. The van der Waals surface area contributed by atoms with Gasteiger partial charge in [-0.15, -0.1) is 0 Å². The second-order valence-electron chi connectivity index (χ2n) is 6.87. The molecule has 0 bridgehead atoms. The molecule has 27 heavy (non-hydrogen) atoms. The third-order valence-corrected chi connectivity index (χ3v) is 4.74. The molecule has 142 valence electrons. The number of hydrogen-bond donors (Lipinski definition) is 1. The summed E-state index contributed by atoms with van der Waals surface area (Å²) in [6, 6.07) is 6.17. The number of amides is 1. The Morgan fingerprint density at radius 2 is 1.96 bits per heavy atom.